The van der Waals surface area contributed by atoms with Crippen molar-refractivity contribution >= 4 is 5.82 Å². The van der Waals surface area contributed by atoms with Gasteiger partial charge in [-0.2, -0.15) is 0 Å². The highest BCUT2D eigenvalue weighted by Crippen LogP contribution is 2.27. The number of benzene rings is 1. The molecule has 0 radical (unpaired) electrons. The molecule has 2 heterocycles. The van der Waals surface area contributed by atoms with Gasteiger partial charge in [-0.05, 0) is 70.0 Å². The number of fused-ring (bicyclic) bond motifs is 1. The average molecular weight is 381 g/mol. The molecule has 28 heavy (non-hydrogen) atoms. The summed E-state index contributed by atoms with van der Waals surface area (Å²) in [5.41, 5.74) is 3.61. The lowest BCUT2D eigenvalue weighted by molar-refractivity contribution is 0.0909. The number of aromatic nitrogens is 2. The molecule has 0 saturated carbocycles. The molecule has 1 aromatic heterocycles. The highest BCUT2D eigenvalue weighted by atomic mass is 16.3. The lowest BCUT2D eigenvalue weighted by atomic mass is 9.94. The lowest BCUT2D eigenvalue weighted by Crippen LogP contribution is -2.38. The molecule has 5 nitrogen and oxygen atoms in total. The van der Waals surface area contributed by atoms with Gasteiger partial charge in [-0.25, -0.2) is 9.97 Å². The minimum absolute atomic E-state index is 0.397. The molecule has 2 N–H and O–H groups in total. The van der Waals surface area contributed by atoms with E-state index in [4.69, 9.17) is 4.98 Å². The van der Waals surface area contributed by atoms with Crippen LogP contribution in [0.25, 0.3) is 0 Å². The zero-order valence-corrected chi connectivity index (χ0v) is 16.9. The van der Waals surface area contributed by atoms with E-state index in [-0.39, 0.29) is 0 Å². The molecule has 2 aliphatic rings. The van der Waals surface area contributed by atoms with E-state index in [0.29, 0.717) is 5.92 Å². The van der Waals surface area contributed by atoms with Crippen molar-refractivity contribution in [1.82, 2.24) is 14.9 Å². The van der Waals surface area contributed by atoms with Crippen LogP contribution < -0.4 is 5.32 Å². The molecular weight excluding hydrogens is 348 g/mol. The van der Waals surface area contributed by atoms with Crippen molar-refractivity contribution in [1.29, 1.82) is 0 Å². The van der Waals surface area contributed by atoms with Gasteiger partial charge in [-0.1, -0.05) is 30.3 Å². The first-order valence-corrected chi connectivity index (χ1v) is 10.7. The van der Waals surface area contributed by atoms with E-state index in [0.717, 1.165) is 56.2 Å². The van der Waals surface area contributed by atoms with Crippen LogP contribution in [0.15, 0.2) is 30.3 Å². The van der Waals surface area contributed by atoms with Crippen LogP contribution in [0.2, 0.25) is 0 Å². The Morgan fingerprint density at radius 1 is 1.11 bits per heavy atom. The molecule has 0 bridgehead atoms. The largest absolute Gasteiger partial charge is 0.387 e. The van der Waals surface area contributed by atoms with Gasteiger partial charge in [0.2, 0.25) is 0 Å². The van der Waals surface area contributed by atoms with E-state index in [2.05, 4.69) is 15.2 Å². The van der Waals surface area contributed by atoms with Gasteiger partial charge in [0.25, 0.3) is 0 Å². The Balaban J connectivity index is 1.27. The third-order valence-electron chi connectivity index (χ3n) is 6.18. The van der Waals surface area contributed by atoms with Crippen LogP contribution in [0.3, 0.4) is 0 Å². The molecule has 0 spiro atoms. The SMILES string of the molecule is Cc1nc2c(c(NCC3CCN(CC(O)c4ccccc4)CC3)n1)CCCC2. The van der Waals surface area contributed by atoms with Gasteiger partial charge in [-0.15, -0.1) is 0 Å². The molecule has 1 atom stereocenters. The topological polar surface area (TPSA) is 61.3 Å². The predicted molar refractivity (Wildman–Crippen MR) is 112 cm³/mol. The maximum atomic E-state index is 10.5. The highest BCUT2D eigenvalue weighted by molar-refractivity contribution is 5.47. The minimum Gasteiger partial charge on any atom is -0.387 e. The summed E-state index contributed by atoms with van der Waals surface area (Å²) in [6.45, 7) is 5.81. The first-order chi connectivity index (χ1) is 13.7. The van der Waals surface area contributed by atoms with Gasteiger partial charge in [-0.3, -0.25) is 0 Å². The number of hydrogen-bond acceptors (Lipinski definition) is 5. The lowest BCUT2D eigenvalue weighted by Gasteiger charge is -2.33. The summed E-state index contributed by atoms with van der Waals surface area (Å²) in [6, 6.07) is 9.98. The van der Waals surface area contributed by atoms with Crippen LogP contribution in [0.5, 0.6) is 0 Å². The van der Waals surface area contributed by atoms with E-state index in [1.807, 2.05) is 37.3 Å². The summed E-state index contributed by atoms with van der Waals surface area (Å²) >= 11 is 0. The zero-order chi connectivity index (χ0) is 19.3. The van der Waals surface area contributed by atoms with E-state index >= 15 is 0 Å². The summed E-state index contributed by atoms with van der Waals surface area (Å²) in [6.07, 6.45) is 6.63. The first-order valence-electron chi connectivity index (χ1n) is 10.7. The average Bonchev–Trinajstić information content (AvgIpc) is 2.73. The number of nitrogens with zero attached hydrogens (tertiary/aromatic N) is 3. The third-order valence-corrected chi connectivity index (χ3v) is 6.18. The van der Waals surface area contributed by atoms with Crippen molar-refractivity contribution in [3.63, 3.8) is 0 Å². The number of piperidine rings is 1. The number of likely N-dealkylation sites (tertiary alicyclic amines) is 1. The van der Waals surface area contributed by atoms with Crippen LogP contribution in [-0.4, -0.2) is 46.2 Å². The Labute approximate surface area is 168 Å². The summed E-state index contributed by atoms with van der Waals surface area (Å²) in [7, 11) is 0. The highest BCUT2D eigenvalue weighted by Gasteiger charge is 2.23. The fraction of sp³-hybridized carbons (Fsp3) is 0.565. The van der Waals surface area contributed by atoms with Gasteiger partial charge in [0.15, 0.2) is 0 Å². The molecule has 1 fully saturated rings. The number of hydrogen-bond donors (Lipinski definition) is 2. The Hall–Kier alpha value is -1.98. The Kier molecular flexibility index (Phi) is 6.23. The van der Waals surface area contributed by atoms with Crippen molar-refractivity contribution in [3.05, 3.63) is 53.0 Å². The maximum Gasteiger partial charge on any atom is 0.133 e. The van der Waals surface area contributed by atoms with E-state index < -0.39 is 6.10 Å². The standard InChI is InChI=1S/C23H32N4O/c1-17-25-21-10-6-5-9-20(21)23(26-17)24-15-18-11-13-27(14-12-18)16-22(28)19-7-3-2-4-8-19/h2-4,7-8,18,22,28H,5-6,9-16H2,1H3,(H,24,25,26). The van der Waals surface area contributed by atoms with Crippen molar-refractivity contribution in [2.45, 2.75) is 51.6 Å². The minimum atomic E-state index is -0.397. The second-order valence-electron chi connectivity index (χ2n) is 8.30. The van der Waals surface area contributed by atoms with Gasteiger partial charge >= 0.3 is 0 Å². The van der Waals surface area contributed by atoms with Crippen LogP contribution in [0.4, 0.5) is 5.82 Å². The quantitative estimate of drug-likeness (QED) is 0.803. The number of nitrogens with one attached hydrogen (secondary N) is 1. The summed E-state index contributed by atoms with van der Waals surface area (Å²) in [5, 5.41) is 14.1. The monoisotopic (exact) mass is 380 g/mol. The second kappa shape index (κ2) is 9.01. The van der Waals surface area contributed by atoms with Gasteiger partial charge in [0.05, 0.1) is 6.10 Å². The molecule has 1 aliphatic heterocycles. The third kappa shape index (κ3) is 4.70. The number of rotatable bonds is 6. The number of aliphatic hydroxyl groups is 1. The maximum absolute atomic E-state index is 10.5. The molecule has 1 aromatic carbocycles. The number of aliphatic hydroxyl groups excluding tert-OH is 1. The van der Waals surface area contributed by atoms with Crippen LogP contribution in [0, 0.1) is 12.8 Å². The Morgan fingerprint density at radius 2 is 1.86 bits per heavy atom. The summed E-state index contributed by atoms with van der Waals surface area (Å²) in [5.74, 6) is 2.62. The van der Waals surface area contributed by atoms with Crippen molar-refractivity contribution < 1.29 is 5.11 Å². The molecule has 1 aliphatic carbocycles. The van der Waals surface area contributed by atoms with Gasteiger partial charge < -0.3 is 15.3 Å². The fourth-order valence-corrected chi connectivity index (χ4v) is 4.50. The van der Waals surface area contributed by atoms with Gasteiger partial charge in [0, 0.05) is 24.3 Å². The molecular formula is C23H32N4O. The van der Waals surface area contributed by atoms with Crippen LogP contribution in [-0.2, 0) is 12.8 Å². The van der Waals surface area contributed by atoms with E-state index in [9.17, 15) is 5.11 Å². The fourth-order valence-electron chi connectivity index (χ4n) is 4.50. The van der Waals surface area contributed by atoms with Crippen LogP contribution in [0.1, 0.15) is 54.4 Å². The molecule has 150 valence electrons. The molecule has 0 amide bonds. The normalized spacial score (nSPS) is 19.2. The van der Waals surface area contributed by atoms with Crippen molar-refractivity contribution in [3.8, 4) is 0 Å². The Bertz CT molecular complexity index is 772. The molecule has 1 saturated heterocycles. The van der Waals surface area contributed by atoms with Crippen LogP contribution >= 0.6 is 0 Å². The molecule has 5 heteroatoms. The molecule has 4 rings (SSSR count). The van der Waals surface area contributed by atoms with Crippen molar-refractivity contribution in [2.75, 3.05) is 31.5 Å². The molecule has 2 aromatic rings. The number of anilines is 1. The van der Waals surface area contributed by atoms with E-state index in [1.165, 1.54) is 36.9 Å². The first kappa shape index (κ1) is 19.3. The molecule has 1 unspecified atom stereocenters. The van der Waals surface area contributed by atoms with E-state index in [1.54, 1.807) is 0 Å². The predicted octanol–water partition coefficient (Wildman–Crippen LogP) is 3.52. The number of β-amino-alcohol motifs (C(OH)–C–C–N with tert-alkyl or cyclic N) is 1. The summed E-state index contributed by atoms with van der Waals surface area (Å²) < 4.78 is 0. The summed E-state index contributed by atoms with van der Waals surface area (Å²) in [4.78, 5) is 11.7. The Morgan fingerprint density at radius 3 is 2.64 bits per heavy atom. The second-order valence-corrected chi connectivity index (χ2v) is 8.30. The van der Waals surface area contributed by atoms with Gasteiger partial charge in [0.1, 0.15) is 11.6 Å². The van der Waals surface area contributed by atoms with Crippen molar-refractivity contribution in [2.24, 2.45) is 5.92 Å². The number of aryl methyl sites for hydroxylation is 2. The smallest absolute Gasteiger partial charge is 0.133 e. The zero-order valence-electron chi connectivity index (χ0n) is 16.9.